The van der Waals surface area contributed by atoms with Crippen molar-refractivity contribution in [1.29, 1.82) is 0 Å². The summed E-state index contributed by atoms with van der Waals surface area (Å²) in [5, 5.41) is 15.2. The first-order valence-corrected chi connectivity index (χ1v) is 28.6. The molecular weight excluding hydrogens is 981 g/mol. The summed E-state index contributed by atoms with van der Waals surface area (Å²) in [6.07, 6.45) is 2.83. The number of thiophene rings is 1. The first-order valence-electron chi connectivity index (χ1n) is 27.8. The van der Waals surface area contributed by atoms with E-state index in [1.165, 1.54) is 25.9 Å². The second-order valence-electron chi connectivity index (χ2n) is 25.8. The number of hydrogen-bond donors (Lipinski definition) is 1. The van der Waals surface area contributed by atoms with Crippen LogP contribution in [0.3, 0.4) is 0 Å². The fourth-order valence-corrected chi connectivity index (χ4v) is 12.8. The average molecular weight is 1050 g/mol. The lowest BCUT2D eigenvalue weighted by atomic mass is 9.79. The minimum atomic E-state index is -0.361. The molecular formula is C73H70N4OS. The molecule has 6 heteroatoms. The van der Waals surface area contributed by atoms with Crippen molar-refractivity contribution in [1.82, 2.24) is 19.1 Å². The number of para-hydroxylation sites is 2. The Morgan fingerprint density at radius 2 is 1.04 bits per heavy atom. The van der Waals surface area contributed by atoms with Crippen LogP contribution in [0.1, 0.15) is 122 Å². The standard InChI is InChI=1S/C73H70N4OS/c1-44-36-54(65-63(37-44)77(61-35-33-49(71(5,6)7)41-53(61)46-26-18-15-19-27-46)69(75-65)57-42-50(72(8,9)10)43-58(66(57)78)73(11,12)13)56-39-47(38-55-51-28-20-23-31-64(51)79-67(55)56)68-74-59-29-21-22-30-62(59)76(68)60-34-32-48(70(2,3)4)40-52(60)45-24-16-14-17-25-45/h14-36,38-43,78H,1,37H2,2-13H3. The first kappa shape index (κ1) is 51.7. The molecule has 3 heterocycles. The van der Waals surface area contributed by atoms with Crippen LogP contribution in [0.2, 0.25) is 0 Å². The Morgan fingerprint density at radius 1 is 0.481 bits per heavy atom. The zero-order valence-corrected chi connectivity index (χ0v) is 48.6. The Hall–Kier alpha value is -8.06. The Kier molecular flexibility index (Phi) is 12.3. The Bertz CT molecular complexity index is 4270. The van der Waals surface area contributed by atoms with Gasteiger partial charge >= 0.3 is 0 Å². The maximum Gasteiger partial charge on any atom is 0.149 e. The molecule has 0 aliphatic heterocycles. The van der Waals surface area contributed by atoms with Crippen LogP contribution in [0.5, 0.6) is 5.75 Å². The molecule has 0 radical (unpaired) electrons. The van der Waals surface area contributed by atoms with E-state index in [1.807, 2.05) is 11.3 Å². The van der Waals surface area contributed by atoms with Gasteiger partial charge < -0.3 is 5.11 Å². The predicted octanol–water partition coefficient (Wildman–Crippen LogP) is 19.7. The number of rotatable bonds is 7. The molecule has 0 fully saturated rings. The monoisotopic (exact) mass is 1050 g/mol. The van der Waals surface area contributed by atoms with Crippen molar-refractivity contribution < 1.29 is 5.11 Å². The van der Waals surface area contributed by atoms with Crippen molar-refractivity contribution in [2.24, 2.45) is 0 Å². The van der Waals surface area contributed by atoms with Crippen LogP contribution >= 0.6 is 11.3 Å². The minimum absolute atomic E-state index is 0.0622. The van der Waals surface area contributed by atoms with Gasteiger partial charge in [0.25, 0.3) is 0 Å². The van der Waals surface area contributed by atoms with Crippen LogP contribution in [-0.4, -0.2) is 24.2 Å². The van der Waals surface area contributed by atoms with E-state index in [0.717, 1.165) is 101 Å². The quantitative estimate of drug-likeness (QED) is 0.173. The van der Waals surface area contributed by atoms with Gasteiger partial charge in [-0.3, -0.25) is 9.13 Å². The Morgan fingerprint density at radius 3 is 1.65 bits per heavy atom. The predicted molar refractivity (Wildman–Crippen MR) is 336 cm³/mol. The molecule has 0 saturated heterocycles. The normalized spacial score (nSPS) is 13.4. The zero-order valence-electron chi connectivity index (χ0n) is 47.8. The number of benzene rings is 8. The largest absolute Gasteiger partial charge is 0.507 e. The maximum absolute atomic E-state index is 12.9. The fourth-order valence-electron chi connectivity index (χ4n) is 11.5. The van der Waals surface area contributed by atoms with Crippen LogP contribution in [0.4, 0.5) is 0 Å². The zero-order chi connectivity index (χ0) is 55.5. The van der Waals surface area contributed by atoms with E-state index in [-0.39, 0.29) is 27.4 Å². The Balaban J connectivity index is 1.18. The molecule has 3 aromatic heterocycles. The summed E-state index contributed by atoms with van der Waals surface area (Å²) >= 11 is 1.82. The smallest absolute Gasteiger partial charge is 0.149 e. The molecule has 0 saturated carbocycles. The number of phenols is 1. The highest BCUT2D eigenvalue weighted by Gasteiger charge is 2.34. The number of phenolic OH excluding ortho intramolecular Hbond substituents is 1. The van der Waals surface area contributed by atoms with Gasteiger partial charge in [-0.15, -0.1) is 11.3 Å². The van der Waals surface area contributed by atoms with E-state index < -0.39 is 0 Å². The third-order valence-electron chi connectivity index (χ3n) is 16.0. The highest BCUT2D eigenvalue weighted by molar-refractivity contribution is 7.26. The van der Waals surface area contributed by atoms with Crippen LogP contribution in [-0.2, 0) is 28.1 Å². The third kappa shape index (κ3) is 9.14. The molecule has 11 aromatic rings. The molecule has 1 N–H and O–H groups in total. The number of hydrogen-bond acceptors (Lipinski definition) is 4. The average Bonchev–Trinajstić information content (AvgIpc) is 4.31. The van der Waals surface area contributed by atoms with Crippen molar-refractivity contribution in [3.8, 4) is 62.2 Å². The van der Waals surface area contributed by atoms with Crippen molar-refractivity contribution in [2.75, 3.05) is 0 Å². The van der Waals surface area contributed by atoms with Gasteiger partial charge in [0.1, 0.15) is 17.4 Å². The molecule has 0 bridgehead atoms. The molecule has 0 atom stereocenters. The van der Waals surface area contributed by atoms with Crippen LogP contribution in [0, 0.1) is 0 Å². The lowest BCUT2D eigenvalue weighted by molar-refractivity contribution is 0.446. The highest BCUT2D eigenvalue weighted by atomic mass is 32.1. The van der Waals surface area contributed by atoms with Gasteiger partial charge in [0, 0.05) is 60.0 Å². The van der Waals surface area contributed by atoms with Gasteiger partial charge in [0.05, 0.1) is 39.4 Å². The highest BCUT2D eigenvalue weighted by Crippen LogP contribution is 2.50. The number of imidazole rings is 2. The molecule has 1 aliphatic rings. The van der Waals surface area contributed by atoms with Gasteiger partial charge in [-0.1, -0.05) is 199 Å². The van der Waals surface area contributed by atoms with E-state index in [0.29, 0.717) is 17.8 Å². The summed E-state index contributed by atoms with van der Waals surface area (Å²) in [5.74, 6) is 1.80. The lowest BCUT2D eigenvalue weighted by Gasteiger charge is -2.28. The molecule has 12 rings (SSSR count). The second kappa shape index (κ2) is 18.8. The second-order valence-corrected chi connectivity index (χ2v) is 26.9. The van der Waals surface area contributed by atoms with Crippen LogP contribution in [0.25, 0.3) is 93.2 Å². The molecule has 394 valence electrons. The van der Waals surface area contributed by atoms with Crippen molar-refractivity contribution in [2.45, 2.75) is 111 Å². The van der Waals surface area contributed by atoms with E-state index >= 15 is 0 Å². The van der Waals surface area contributed by atoms with E-state index in [4.69, 9.17) is 16.5 Å². The summed E-state index contributed by atoms with van der Waals surface area (Å²) in [4.78, 5) is 11.5. The van der Waals surface area contributed by atoms with Gasteiger partial charge in [-0.2, -0.15) is 0 Å². The third-order valence-corrected chi connectivity index (χ3v) is 17.2. The number of aromatic hydroxyl groups is 1. The first-order chi connectivity index (χ1) is 37.5. The minimum Gasteiger partial charge on any atom is -0.507 e. The van der Waals surface area contributed by atoms with Gasteiger partial charge in [0.15, 0.2) is 0 Å². The summed E-state index contributed by atoms with van der Waals surface area (Å²) in [6, 6.07) is 61.7. The summed E-state index contributed by atoms with van der Waals surface area (Å²) < 4.78 is 7.11. The number of allylic oxidation sites excluding steroid dienone is 2. The van der Waals surface area contributed by atoms with E-state index in [9.17, 15) is 5.11 Å². The summed E-state index contributed by atoms with van der Waals surface area (Å²) in [5.41, 5.74) is 18.9. The van der Waals surface area contributed by atoms with E-state index in [2.05, 4.69) is 268 Å². The lowest BCUT2D eigenvalue weighted by Crippen LogP contribution is -2.17. The SMILES string of the molecule is C=C1C=C(c2cc(-c3nc4ccccc4n3-c3ccc(C(C)(C)C)cc3-c3ccccc3)cc3c2sc2ccccc23)c2nc(-c3cc(C(C)(C)C)cc(C(C)(C)C)c3O)n(-c3ccc(C(C)(C)C)cc3-c3ccccc3)c2C1. The number of aromatic nitrogens is 4. The van der Waals surface area contributed by atoms with Crippen molar-refractivity contribution >= 4 is 48.1 Å². The van der Waals surface area contributed by atoms with Crippen LogP contribution in [0.15, 0.2) is 188 Å². The van der Waals surface area contributed by atoms with Crippen molar-refractivity contribution in [3.05, 3.63) is 227 Å². The van der Waals surface area contributed by atoms with Gasteiger partial charge in [-0.25, -0.2) is 9.97 Å². The molecule has 8 aromatic carbocycles. The van der Waals surface area contributed by atoms with Crippen molar-refractivity contribution in [3.63, 3.8) is 0 Å². The summed E-state index contributed by atoms with van der Waals surface area (Å²) in [6.45, 7) is 31.8. The molecule has 1 aliphatic carbocycles. The maximum atomic E-state index is 12.9. The molecule has 5 nitrogen and oxygen atoms in total. The fraction of sp³-hybridized carbons (Fsp3) is 0.233. The Labute approximate surface area is 470 Å². The molecule has 0 amide bonds. The molecule has 0 spiro atoms. The number of fused-ring (bicyclic) bond motifs is 5. The van der Waals surface area contributed by atoms with E-state index in [1.54, 1.807) is 0 Å². The van der Waals surface area contributed by atoms with Crippen LogP contribution < -0.4 is 0 Å². The topological polar surface area (TPSA) is 55.9 Å². The molecule has 79 heavy (non-hydrogen) atoms. The summed E-state index contributed by atoms with van der Waals surface area (Å²) in [7, 11) is 0. The molecule has 0 unspecified atom stereocenters. The number of nitrogens with zero attached hydrogens (tertiary/aromatic N) is 4. The van der Waals surface area contributed by atoms with Gasteiger partial charge in [0.2, 0.25) is 0 Å². The van der Waals surface area contributed by atoms with Gasteiger partial charge in [-0.05, 0) is 122 Å².